The van der Waals surface area contributed by atoms with Crippen LogP contribution in [0.3, 0.4) is 0 Å². The van der Waals surface area contributed by atoms with Crippen LogP contribution in [0, 0.1) is 5.82 Å². The zero-order valence-corrected chi connectivity index (χ0v) is 12.2. The van der Waals surface area contributed by atoms with E-state index in [9.17, 15) is 9.18 Å². The molecule has 0 atom stereocenters. The second-order valence-electron chi connectivity index (χ2n) is 6.41. The molecule has 1 aliphatic rings. The highest BCUT2D eigenvalue weighted by atomic mass is 19.1. The standard InChI is InChI=1S/C16H23FN2O/c1-15(2,12-7-3-4-8-13(12)17)11-19-14(20)16(18)9-5-6-10-16/h3-4,7-8H,5-6,9-11,18H2,1-2H3,(H,19,20). The van der Waals surface area contributed by atoms with Crippen molar-refractivity contribution in [2.45, 2.75) is 50.5 Å². The Morgan fingerprint density at radius 2 is 1.95 bits per heavy atom. The van der Waals surface area contributed by atoms with Crippen molar-refractivity contribution in [1.82, 2.24) is 5.32 Å². The third kappa shape index (κ3) is 3.01. The smallest absolute Gasteiger partial charge is 0.240 e. The Morgan fingerprint density at radius 1 is 1.35 bits per heavy atom. The minimum atomic E-state index is -0.731. The van der Waals surface area contributed by atoms with Crippen LogP contribution in [0.1, 0.15) is 45.1 Å². The second kappa shape index (κ2) is 5.52. The molecule has 20 heavy (non-hydrogen) atoms. The van der Waals surface area contributed by atoms with Crippen molar-refractivity contribution >= 4 is 5.91 Å². The van der Waals surface area contributed by atoms with Crippen LogP contribution in [-0.4, -0.2) is 18.0 Å². The molecule has 3 N–H and O–H groups in total. The first-order valence-electron chi connectivity index (χ1n) is 7.17. The van der Waals surface area contributed by atoms with Crippen LogP contribution in [0.2, 0.25) is 0 Å². The summed E-state index contributed by atoms with van der Waals surface area (Å²) in [7, 11) is 0. The number of hydrogen-bond donors (Lipinski definition) is 2. The number of benzene rings is 1. The van der Waals surface area contributed by atoms with E-state index in [0.29, 0.717) is 12.1 Å². The zero-order chi connectivity index (χ0) is 14.8. The molecule has 0 spiro atoms. The third-order valence-electron chi connectivity index (χ3n) is 4.24. The number of nitrogens with two attached hydrogens (primary N) is 1. The second-order valence-corrected chi connectivity index (χ2v) is 6.41. The number of halogens is 1. The van der Waals surface area contributed by atoms with Gasteiger partial charge in [-0.1, -0.05) is 44.9 Å². The van der Waals surface area contributed by atoms with Crippen LogP contribution in [0.25, 0.3) is 0 Å². The molecule has 110 valence electrons. The van der Waals surface area contributed by atoms with E-state index in [4.69, 9.17) is 5.73 Å². The van der Waals surface area contributed by atoms with Crippen LogP contribution >= 0.6 is 0 Å². The minimum absolute atomic E-state index is 0.112. The number of rotatable bonds is 4. The topological polar surface area (TPSA) is 55.1 Å². The van der Waals surface area contributed by atoms with E-state index in [2.05, 4.69) is 5.32 Å². The lowest BCUT2D eigenvalue weighted by atomic mass is 9.84. The molecule has 1 amide bonds. The number of carbonyl (C=O) groups excluding carboxylic acids is 1. The summed E-state index contributed by atoms with van der Waals surface area (Å²) >= 11 is 0. The Hall–Kier alpha value is -1.42. The summed E-state index contributed by atoms with van der Waals surface area (Å²) in [5, 5.41) is 2.90. The fourth-order valence-corrected chi connectivity index (χ4v) is 2.82. The van der Waals surface area contributed by atoms with Gasteiger partial charge in [0.2, 0.25) is 5.91 Å². The maximum absolute atomic E-state index is 13.8. The van der Waals surface area contributed by atoms with Gasteiger partial charge in [0.1, 0.15) is 5.82 Å². The Morgan fingerprint density at radius 3 is 2.55 bits per heavy atom. The predicted octanol–water partition coefficient (Wildman–Crippen LogP) is 2.49. The molecule has 0 radical (unpaired) electrons. The Kier molecular flexibility index (Phi) is 4.14. The van der Waals surface area contributed by atoms with Crippen molar-refractivity contribution in [3.05, 3.63) is 35.6 Å². The van der Waals surface area contributed by atoms with Gasteiger partial charge in [0.05, 0.1) is 5.54 Å². The van der Waals surface area contributed by atoms with Crippen LogP contribution in [0.15, 0.2) is 24.3 Å². The molecule has 0 heterocycles. The molecule has 0 aromatic heterocycles. The van der Waals surface area contributed by atoms with Gasteiger partial charge < -0.3 is 11.1 Å². The highest BCUT2D eigenvalue weighted by Gasteiger charge is 2.37. The van der Waals surface area contributed by atoms with Crippen molar-refractivity contribution in [3.63, 3.8) is 0 Å². The Balaban J connectivity index is 2.02. The maximum Gasteiger partial charge on any atom is 0.240 e. The van der Waals surface area contributed by atoms with Gasteiger partial charge in [0.25, 0.3) is 0 Å². The molecule has 1 fully saturated rings. The number of hydrogen-bond acceptors (Lipinski definition) is 2. The first-order chi connectivity index (χ1) is 9.35. The van der Waals surface area contributed by atoms with Crippen LogP contribution in [0.4, 0.5) is 4.39 Å². The van der Waals surface area contributed by atoms with Gasteiger partial charge in [-0.25, -0.2) is 4.39 Å². The van der Waals surface area contributed by atoms with Crippen molar-refractivity contribution < 1.29 is 9.18 Å². The number of carbonyl (C=O) groups is 1. The molecule has 0 saturated heterocycles. The van der Waals surface area contributed by atoms with Crippen molar-refractivity contribution in [1.29, 1.82) is 0 Å². The molecule has 1 aromatic rings. The number of nitrogens with one attached hydrogen (secondary N) is 1. The molecule has 2 rings (SSSR count). The SMILES string of the molecule is CC(C)(CNC(=O)C1(N)CCCC1)c1ccccc1F. The minimum Gasteiger partial charge on any atom is -0.354 e. The van der Waals surface area contributed by atoms with Crippen molar-refractivity contribution in [2.75, 3.05) is 6.54 Å². The molecule has 0 unspecified atom stereocenters. The van der Waals surface area contributed by atoms with E-state index in [0.717, 1.165) is 25.7 Å². The summed E-state index contributed by atoms with van der Waals surface area (Å²) in [4.78, 5) is 12.2. The largest absolute Gasteiger partial charge is 0.354 e. The normalized spacial score (nSPS) is 18.0. The lowest BCUT2D eigenvalue weighted by Crippen LogP contribution is -2.54. The summed E-state index contributed by atoms with van der Waals surface area (Å²) in [6.07, 6.45) is 3.47. The molecule has 1 aliphatic carbocycles. The van der Waals surface area contributed by atoms with E-state index in [-0.39, 0.29) is 11.7 Å². The van der Waals surface area contributed by atoms with E-state index < -0.39 is 11.0 Å². The summed E-state index contributed by atoms with van der Waals surface area (Å²) in [5.41, 5.74) is 5.53. The van der Waals surface area contributed by atoms with Crippen molar-refractivity contribution in [3.8, 4) is 0 Å². The summed E-state index contributed by atoms with van der Waals surface area (Å²) in [6, 6.07) is 6.68. The summed E-state index contributed by atoms with van der Waals surface area (Å²) in [6.45, 7) is 4.22. The molecule has 4 heteroatoms. The van der Waals surface area contributed by atoms with Gasteiger partial charge in [0, 0.05) is 12.0 Å². The predicted molar refractivity (Wildman–Crippen MR) is 77.8 cm³/mol. The first kappa shape index (κ1) is 15.0. The molecular weight excluding hydrogens is 255 g/mol. The Bertz CT molecular complexity index is 493. The van der Waals surface area contributed by atoms with Crippen molar-refractivity contribution in [2.24, 2.45) is 5.73 Å². The van der Waals surface area contributed by atoms with E-state index in [1.54, 1.807) is 12.1 Å². The maximum atomic E-state index is 13.8. The highest BCUT2D eigenvalue weighted by molar-refractivity contribution is 5.86. The van der Waals surface area contributed by atoms with Gasteiger partial charge in [-0.2, -0.15) is 0 Å². The van der Waals surface area contributed by atoms with Crippen LogP contribution < -0.4 is 11.1 Å². The fraction of sp³-hybridized carbons (Fsp3) is 0.562. The Labute approximate surface area is 119 Å². The van der Waals surface area contributed by atoms with Gasteiger partial charge in [-0.05, 0) is 24.5 Å². The molecule has 0 bridgehead atoms. The number of amides is 1. The lowest BCUT2D eigenvalue weighted by Gasteiger charge is -2.29. The van der Waals surface area contributed by atoms with E-state index in [1.807, 2.05) is 19.9 Å². The van der Waals surface area contributed by atoms with Gasteiger partial charge in [-0.15, -0.1) is 0 Å². The molecular formula is C16H23FN2O. The third-order valence-corrected chi connectivity index (χ3v) is 4.24. The van der Waals surface area contributed by atoms with Crippen LogP contribution in [-0.2, 0) is 10.2 Å². The molecule has 0 aliphatic heterocycles. The van der Waals surface area contributed by atoms with Gasteiger partial charge in [-0.3, -0.25) is 4.79 Å². The average molecular weight is 278 g/mol. The van der Waals surface area contributed by atoms with E-state index >= 15 is 0 Å². The van der Waals surface area contributed by atoms with Gasteiger partial charge in [0.15, 0.2) is 0 Å². The quantitative estimate of drug-likeness (QED) is 0.889. The molecule has 1 aromatic carbocycles. The fourth-order valence-electron chi connectivity index (χ4n) is 2.82. The monoisotopic (exact) mass is 278 g/mol. The molecule has 3 nitrogen and oxygen atoms in total. The first-order valence-corrected chi connectivity index (χ1v) is 7.17. The van der Waals surface area contributed by atoms with Crippen LogP contribution in [0.5, 0.6) is 0 Å². The highest BCUT2D eigenvalue weighted by Crippen LogP contribution is 2.28. The summed E-state index contributed by atoms with van der Waals surface area (Å²) in [5.74, 6) is -0.352. The summed E-state index contributed by atoms with van der Waals surface area (Å²) < 4.78 is 13.8. The molecule has 1 saturated carbocycles. The average Bonchev–Trinajstić information content (AvgIpc) is 2.84. The van der Waals surface area contributed by atoms with Gasteiger partial charge >= 0.3 is 0 Å². The zero-order valence-electron chi connectivity index (χ0n) is 12.2. The van der Waals surface area contributed by atoms with E-state index in [1.165, 1.54) is 6.07 Å². The lowest BCUT2D eigenvalue weighted by molar-refractivity contribution is -0.126.